The Morgan fingerprint density at radius 1 is 1.15 bits per heavy atom. The van der Waals surface area contributed by atoms with Crippen molar-refractivity contribution in [3.63, 3.8) is 0 Å². The van der Waals surface area contributed by atoms with Crippen molar-refractivity contribution in [2.75, 3.05) is 6.54 Å². The Kier molecular flexibility index (Phi) is 3.84. The molecule has 2 heteroatoms. The highest BCUT2D eigenvalue weighted by atomic mass is 14.7. The number of H-pyrrole nitrogens is 1. The van der Waals surface area contributed by atoms with E-state index in [9.17, 15) is 0 Å². The fourth-order valence-corrected chi connectivity index (χ4v) is 3.49. The van der Waals surface area contributed by atoms with Gasteiger partial charge in [0.15, 0.2) is 0 Å². The summed E-state index contributed by atoms with van der Waals surface area (Å²) in [6, 6.07) is 4.86. The van der Waals surface area contributed by atoms with Crippen molar-refractivity contribution in [2.45, 2.75) is 52.4 Å². The van der Waals surface area contributed by atoms with Crippen LogP contribution in [0.15, 0.2) is 12.1 Å². The number of aromatic amines is 1. The number of aromatic nitrogens is 1. The molecule has 3 N–H and O–H groups in total. The molecule has 0 radical (unpaired) electrons. The van der Waals surface area contributed by atoms with Gasteiger partial charge >= 0.3 is 0 Å². The number of fused-ring (bicyclic) bond motifs is 2. The largest absolute Gasteiger partial charge is 0.358 e. The third-order valence-electron chi connectivity index (χ3n) is 4.79. The Balaban J connectivity index is 2.07. The second-order valence-electron chi connectivity index (χ2n) is 6.50. The molecule has 0 bridgehead atoms. The molecule has 20 heavy (non-hydrogen) atoms. The maximum Gasteiger partial charge on any atom is 0.0461 e. The van der Waals surface area contributed by atoms with Crippen LogP contribution in [-0.2, 0) is 19.3 Å². The van der Waals surface area contributed by atoms with Crippen LogP contribution in [0.4, 0.5) is 0 Å². The van der Waals surface area contributed by atoms with Crippen LogP contribution in [-0.4, -0.2) is 11.5 Å². The van der Waals surface area contributed by atoms with Crippen LogP contribution in [0.2, 0.25) is 0 Å². The predicted octanol–water partition coefficient (Wildman–Crippen LogP) is 3.88. The third kappa shape index (κ3) is 2.49. The van der Waals surface area contributed by atoms with Crippen molar-refractivity contribution in [3.05, 3.63) is 34.5 Å². The van der Waals surface area contributed by atoms with Crippen molar-refractivity contribution in [3.8, 4) is 0 Å². The van der Waals surface area contributed by atoms with E-state index in [0.717, 1.165) is 13.0 Å². The van der Waals surface area contributed by atoms with Crippen LogP contribution in [0, 0.1) is 12.8 Å². The fourth-order valence-electron chi connectivity index (χ4n) is 3.49. The van der Waals surface area contributed by atoms with E-state index < -0.39 is 0 Å². The smallest absolute Gasteiger partial charge is 0.0461 e. The van der Waals surface area contributed by atoms with Gasteiger partial charge in [-0.3, -0.25) is 0 Å². The summed E-state index contributed by atoms with van der Waals surface area (Å²) >= 11 is 0. The summed E-state index contributed by atoms with van der Waals surface area (Å²) in [5, 5.41) is 1.43. The minimum atomic E-state index is 0.548. The van der Waals surface area contributed by atoms with Crippen LogP contribution < -0.4 is 5.73 Å². The number of hydrogen-bond acceptors (Lipinski definition) is 1. The van der Waals surface area contributed by atoms with Crippen molar-refractivity contribution >= 4 is 10.9 Å². The first-order valence-electron chi connectivity index (χ1n) is 8.02. The number of rotatable bonds is 3. The van der Waals surface area contributed by atoms with E-state index in [4.69, 9.17) is 5.73 Å². The Labute approximate surface area is 121 Å². The van der Waals surface area contributed by atoms with E-state index in [1.165, 1.54) is 54.3 Å². The second-order valence-corrected chi connectivity index (χ2v) is 6.50. The molecule has 1 aromatic heterocycles. The molecule has 3 rings (SSSR count). The SMILES string of the molecule is Cc1[nH]c2cc3c(cc2c1CC(C)CN)CCCCC3. The van der Waals surface area contributed by atoms with E-state index in [2.05, 4.69) is 31.0 Å². The van der Waals surface area contributed by atoms with Crippen LogP contribution in [0.5, 0.6) is 0 Å². The van der Waals surface area contributed by atoms with Gasteiger partial charge < -0.3 is 10.7 Å². The van der Waals surface area contributed by atoms with Gasteiger partial charge in [-0.1, -0.05) is 13.3 Å². The highest BCUT2D eigenvalue weighted by Crippen LogP contribution is 2.30. The monoisotopic (exact) mass is 270 g/mol. The molecule has 0 saturated carbocycles. The molecule has 0 aliphatic heterocycles. The van der Waals surface area contributed by atoms with Crippen LogP contribution in [0.3, 0.4) is 0 Å². The lowest BCUT2D eigenvalue weighted by atomic mass is 9.95. The molecule has 1 aliphatic rings. The molecule has 2 aromatic rings. The normalized spacial score (nSPS) is 16.9. The first-order chi connectivity index (χ1) is 9.69. The molecule has 0 saturated heterocycles. The average molecular weight is 270 g/mol. The Bertz CT molecular complexity index is 609. The number of benzene rings is 1. The van der Waals surface area contributed by atoms with Gasteiger partial charge in [-0.05, 0) is 80.3 Å². The van der Waals surface area contributed by atoms with Gasteiger partial charge in [0.1, 0.15) is 0 Å². The summed E-state index contributed by atoms with van der Waals surface area (Å²) in [5.41, 5.74) is 13.1. The summed E-state index contributed by atoms with van der Waals surface area (Å²) in [6.07, 6.45) is 7.64. The molecule has 1 unspecified atom stereocenters. The summed E-state index contributed by atoms with van der Waals surface area (Å²) in [7, 11) is 0. The lowest BCUT2D eigenvalue weighted by Crippen LogP contribution is -2.13. The highest BCUT2D eigenvalue weighted by molar-refractivity contribution is 5.86. The summed E-state index contributed by atoms with van der Waals surface area (Å²) in [4.78, 5) is 3.59. The highest BCUT2D eigenvalue weighted by Gasteiger charge is 2.15. The van der Waals surface area contributed by atoms with Crippen molar-refractivity contribution in [1.82, 2.24) is 4.98 Å². The fraction of sp³-hybridized carbons (Fsp3) is 0.556. The molecule has 1 atom stereocenters. The molecule has 1 heterocycles. The minimum absolute atomic E-state index is 0.548. The molecule has 1 aromatic carbocycles. The van der Waals surface area contributed by atoms with Crippen molar-refractivity contribution in [2.24, 2.45) is 11.7 Å². The molecule has 2 nitrogen and oxygen atoms in total. The van der Waals surface area contributed by atoms with E-state index in [1.54, 1.807) is 11.1 Å². The van der Waals surface area contributed by atoms with Gasteiger partial charge in [-0.15, -0.1) is 0 Å². The zero-order chi connectivity index (χ0) is 14.1. The number of nitrogens with two attached hydrogens (primary N) is 1. The minimum Gasteiger partial charge on any atom is -0.358 e. The first kappa shape index (κ1) is 13.7. The summed E-state index contributed by atoms with van der Waals surface area (Å²) in [6.45, 7) is 5.20. The van der Waals surface area contributed by atoms with E-state index in [1.807, 2.05) is 0 Å². The summed E-state index contributed by atoms with van der Waals surface area (Å²) in [5.74, 6) is 0.548. The molecule has 0 spiro atoms. The van der Waals surface area contributed by atoms with Gasteiger partial charge in [0.05, 0.1) is 0 Å². The zero-order valence-electron chi connectivity index (χ0n) is 12.8. The van der Waals surface area contributed by atoms with Crippen LogP contribution >= 0.6 is 0 Å². The molecule has 1 aliphatic carbocycles. The molecule has 0 amide bonds. The van der Waals surface area contributed by atoms with Crippen molar-refractivity contribution in [1.29, 1.82) is 0 Å². The topological polar surface area (TPSA) is 41.8 Å². The van der Waals surface area contributed by atoms with Gasteiger partial charge in [-0.25, -0.2) is 0 Å². The third-order valence-corrected chi connectivity index (χ3v) is 4.79. The van der Waals surface area contributed by atoms with Crippen LogP contribution in [0.1, 0.15) is 48.6 Å². The lowest BCUT2D eigenvalue weighted by molar-refractivity contribution is 0.593. The quantitative estimate of drug-likeness (QED) is 0.816. The Hall–Kier alpha value is -1.28. The van der Waals surface area contributed by atoms with E-state index >= 15 is 0 Å². The first-order valence-corrected chi connectivity index (χ1v) is 8.02. The van der Waals surface area contributed by atoms with E-state index in [0.29, 0.717) is 5.92 Å². The number of nitrogens with one attached hydrogen (secondary N) is 1. The Morgan fingerprint density at radius 2 is 1.85 bits per heavy atom. The molecular weight excluding hydrogens is 244 g/mol. The average Bonchev–Trinajstić information content (AvgIpc) is 2.63. The standard InChI is InChI=1S/C18H26N2/c1-12(11-19)8-16-13(2)20-18-10-15-7-5-3-4-6-14(15)9-17(16)18/h9-10,12,20H,3-8,11,19H2,1-2H3. The second kappa shape index (κ2) is 5.61. The van der Waals surface area contributed by atoms with Gasteiger partial charge in [-0.2, -0.15) is 0 Å². The number of aryl methyl sites for hydroxylation is 3. The zero-order valence-corrected chi connectivity index (χ0v) is 12.8. The number of hydrogen-bond donors (Lipinski definition) is 2. The lowest BCUT2D eigenvalue weighted by Gasteiger charge is -2.10. The van der Waals surface area contributed by atoms with Crippen molar-refractivity contribution < 1.29 is 0 Å². The van der Waals surface area contributed by atoms with Gasteiger partial charge in [0, 0.05) is 16.6 Å². The van der Waals surface area contributed by atoms with Crippen LogP contribution in [0.25, 0.3) is 10.9 Å². The maximum atomic E-state index is 5.80. The molecule has 108 valence electrons. The molecular formula is C18H26N2. The molecule has 0 fully saturated rings. The van der Waals surface area contributed by atoms with Gasteiger partial charge in [0.25, 0.3) is 0 Å². The van der Waals surface area contributed by atoms with Gasteiger partial charge in [0.2, 0.25) is 0 Å². The summed E-state index contributed by atoms with van der Waals surface area (Å²) < 4.78 is 0. The van der Waals surface area contributed by atoms with E-state index in [-0.39, 0.29) is 0 Å². The maximum absolute atomic E-state index is 5.80. The predicted molar refractivity (Wildman–Crippen MR) is 86.2 cm³/mol. The Morgan fingerprint density at radius 3 is 2.55 bits per heavy atom.